The van der Waals surface area contributed by atoms with Crippen molar-refractivity contribution in [3.8, 4) is 0 Å². The molecule has 0 atom stereocenters. The lowest BCUT2D eigenvalue weighted by molar-refractivity contribution is -0.116. The molecule has 2 amide bonds. The summed E-state index contributed by atoms with van der Waals surface area (Å²) in [5.41, 5.74) is 2.32. The Labute approximate surface area is 101 Å². The van der Waals surface area contributed by atoms with Gasteiger partial charge in [-0.2, -0.15) is 0 Å². The van der Waals surface area contributed by atoms with E-state index in [4.69, 9.17) is 0 Å². The third-order valence-electron chi connectivity index (χ3n) is 2.20. The number of rotatable bonds is 5. The third kappa shape index (κ3) is 4.24. The molecule has 2 N–H and O–H groups in total. The molecule has 5 heteroatoms. The number of nitrogens with zero attached hydrogens (tertiary/aromatic N) is 1. The Kier molecular flexibility index (Phi) is 4.66. The van der Waals surface area contributed by atoms with Gasteiger partial charge in [0, 0.05) is 11.4 Å². The van der Waals surface area contributed by atoms with Crippen LogP contribution in [0.25, 0.3) is 0 Å². The summed E-state index contributed by atoms with van der Waals surface area (Å²) in [5.74, 6) is -0.0871. The maximum atomic E-state index is 11.5. The Morgan fingerprint density at radius 2 is 2.12 bits per heavy atom. The van der Waals surface area contributed by atoms with Gasteiger partial charge in [-0.3, -0.25) is 9.59 Å². The van der Waals surface area contributed by atoms with Gasteiger partial charge in [0.25, 0.3) is 0 Å². The predicted molar refractivity (Wildman–Crippen MR) is 68.0 cm³/mol. The van der Waals surface area contributed by atoms with Gasteiger partial charge in [-0.15, -0.1) is 0 Å². The quantitative estimate of drug-likeness (QED) is 0.750. The van der Waals surface area contributed by atoms with Crippen molar-refractivity contribution in [1.29, 1.82) is 0 Å². The minimum atomic E-state index is -0.0871. The van der Waals surface area contributed by atoms with Crippen LogP contribution in [0.15, 0.2) is 18.2 Å². The Bertz CT molecular complexity index is 416. The second kappa shape index (κ2) is 6.00. The molecular formula is C12H17N3O2. The molecule has 0 aromatic heterocycles. The molecule has 0 saturated heterocycles. The van der Waals surface area contributed by atoms with E-state index in [0.29, 0.717) is 24.3 Å². The number of carbonyl (C=O) groups excluding carboxylic acids is 2. The minimum absolute atomic E-state index is 0.0871. The highest BCUT2D eigenvalue weighted by atomic mass is 16.2. The highest BCUT2D eigenvalue weighted by Crippen LogP contribution is 2.19. The zero-order chi connectivity index (χ0) is 12.8. The number of carbonyl (C=O) groups is 2. The van der Waals surface area contributed by atoms with Gasteiger partial charge in [0.2, 0.25) is 12.3 Å². The van der Waals surface area contributed by atoms with E-state index < -0.39 is 0 Å². The van der Waals surface area contributed by atoms with E-state index in [1.165, 1.54) is 0 Å². The molecule has 1 rings (SSSR count). The summed E-state index contributed by atoms with van der Waals surface area (Å²) in [5, 5.41) is 5.35. The van der Waals surface area contributed by atoms with Gasteiger partial charge in [0.05, 0.1) is 6.54 Å². The standard InChI is InChI=1S/C12H17N3O2/c1-9-4-5-10(6-11(9)13-8-16)14-12(17)7-15(2)3/h4-6,8H,7H2,1-3H3,(H,13,16)(H,14,17). The smallest absolute Gasteiger partial charge is 0.238 e. The maximum absolute atomic E-state index is 11.5. The molecule has 0 aliphatic carbocycles. The minimum Gasteiger partial charge on any atom is -0.328 e. The fourth-order valence-corrected chi connectivity index (χ4v) is 1.41. The fourth-order valence-electron chi connectivity index (χ4n) is 1.41. The van der Waals surface area contributed by atoms with Gasteiger partial charge in [0.1, 0.15) is 0 Å². The van der Waals surface area contributed by atoms with E-state index in [0.717, 1.165) is 5.56 Å². The Balaban J connectivity index is 2.75. The molecule has 17 heavy (non-hydrogen) atoms. The highest BCUT2D eigenvalue weighted by Gasteiger charge is 2.05. The zero-order valence-electron chi connectivity index (χ0n) is 10.3. The summed E-state index contributed by atoms with van der Waals surface area (Å²) in [6.45, 7) is 2.21. The van der Waals surface area contributed by atoms with Crippen molar-refractivity contribution in [3.63, 3.8) is 0 Å². The van der Waals surface area contributed by atoms with Crippen LogP contribution in [-0.4, -0.2) is 37.9 Å². The van der Waals surface area contributed by atoms with Gasteiger partial charge in [-0.1, -0.05) is 6.07 Å². The topological polar surface area (TPSA) is 61.4 Å². The average Bonchev–Trinajstić information content (AvgIpc) is 2.22. The molecule has 0 aliphatic rings. The average molecular weight is 235 g/mol. The SMILES string of the molecule is Cc1ccc(NC(=O)CN(C)C)cc1NC=O. The van der Waals surface area contributed by atoms with E-state index in [1.54, 1.807) is 17.0 Å². The second-order valence-electron chi connectivity index (χ2n) is 4.08. The fraction of sp³-hybridized carbons (Fsp3) is 0.333. The molecule has 0 spiro atoms. The Morgan fingerprint density at radius 3 is 2.71 bits per heavy atom. The molecule has 1 aromatic carbocycles. The normalized spacial score (nSPS) is 10.1. The van der Waals surface area contributed by atoms with Crippen molar-refractivity contribution in [1.82, 2.24) is 4.90 Å². The second-order valence-corrected chi connectivity index (χ2v) is 4.08. The summed E-state index contributed by atoms with van der Waals surface area (Å²) in [6, 6.07) is 5.38. The molecule has 1 aromatic rings. The number of aryl methyl sites for hydroxylation is 1. The number of likely N-dealkylation sites (N-methyl/N-ethyl adjacent to an activating group) is 1. The summed E-state index contributed by atoms with van der Waals surface area (Å²) < 4.78 is 0. The van der Waals surface area contributed by atoms with Gasteiger partial charge in [-0.25, -0.2) is 0 Å². The van der Waals surface area contributed by atoms with E-state index in [-0.39, 0.29) is 5.91 Å². The molecule has 5 nitrogen and oxygen atoms in total. The third-order valence-corrected chi connectivity index (χ3v) is 2.20. The molecule has 0 radical (unpaired) electrons. The molecular weight excluding hydrogens is 218 g/mol. The van der Waals surface area contributed by atoms with Crippen LogP contribution in [0.5, 0.6) is 0 Å². The monoisotopic (exact) mass is 235 g/mol. The van der Waals surface area contributed by atoms with Crippen LogP contribution in [0.2, 0.25) is 0 Å². The summed E-state index contributed by atoms with van der Waals surface area (Å²) in [6.07, 6.45) is 0.619. The lowest BCUT2D eigenvalue weighted by Crippen LogP contribution is -2.27. The first-order valence-electron chi connectivity index (χ1n) is 5.28. The van der Waals surface area contributed by atoms with Crippen LogP contribution >= 0.6 is 0 Å². The van der Waals surface area contributed by atoms with Crippen molar-refractivity contribution in [2.75, 3.05) is 31.3 Å². The number of hydrogen-bond acceptors (Lipinski definition) is 3. The highest BCUT2D eigenvalue weighted by molar-refractivity contribution is 5.93. The van der Waals surface area contributed by atoms with Crippen LogP contribution in [0.3, 0.4) is 0 Å². The van der Waals surface area contributed by atoms with Crippen molar-refractivity contribution >= 4 is 23.7 Å². The van der Waals surface area contributed by atoms with Gasteiger partial charge < -0.3 is 15.5 Å². The maximum Gasteiger partial charge on any atom is 0.238 e. The van der Waals surface area contributed by atoms with Crippen molar-refractivity contribution in [2.45, 2.75) is 6.92 Å². The predicted octanol–water partition coefficient (Wildman–Crippen LogP) is 1.06. The van der Waals surface area contributed by atoms with Gasteiger partial charge in [0.15, 0.2) is 0 Å². The molecule has 0 unspecified atom stereocenters. The number of nitrogens with one attached hydrogen (secondary N) is 2. The number of amides is 2. The first-order valence-corrected chi connectivity index (χ1v) is 5.28. The van der Waals surface area contributed by atoms with Crippen molar-refractivity contribution in [3.05, 3.63) is 23.8 Å². The molecule has 92 valence electrons. The van der Waals surface area contributed by atoms with Crippen LogP contribution in [0, 0.1) is 6.92 Å². The molecule has 0 heterocycles. The van der Waals surface area contributed by atoms with Crippen LogP contribution in [0.4, 0.5) is 11.4 Å². The van der Waals surface area contributed by atoms with Gasteiger partial charge >= 0.3 is 0 Å². The lowest BCUT2D eigenvalue weighted by atomic mass is 10.2. The van der Waals surface area contributed by atoms with Gasteiger partial charge in [-0.05, 0) is 38.7 Å². The van der Waals surface area contributed by atoms with E-state index in [1.807, 2.05) is 27.1 Å². The molecule has 0 saturated carbocycles. The van der Waals surface area contributed by atoms with Crippen LogP contribution in [0.1, 0.15) is 5.56 Å². The molecule has 0 fully saturated rings. The Hall–Kier alpha value is -1.88. The lowest BCUT2D eigenvalue weighted by Gasteiger charge is -2.11. The van der Waals surface area contributed by atoms with E-state index in [2.05, 4.69) is 10.6 Å². The molecule has 0 aliphatic heterocycles. The number of anilines is 2. The van der Waals surface area contributed by atoms with Crippen molar-refractivity contribution in [2.24, 2.45) is 0 Å². The summed E-state index contributed by atoms with van der Waals surface area (Å²) in [7, 11) is 3.65. The summed E-state index contributed by atoms with van der Waals surface area (Å²) >= 11 is 0. The first-order chi connectivity index (χ1) is 8.02. The first kappa shape index (κ1) is 13.2. The van der Waals surface area contributed by atoms with E-state index >= 15 is 0 Å². The zero-order valence-corrected chi connectivity index (χ0v) is 10.3. The summed E-state index contributed by atoms with van der Waals surface area (Å²) in [4.78, 5) is 23.7. The van der Waals surface area contributed by atoms with Crippen molar-refractivity contribution < 1.29 is 9.59 Å². The van der Waals surface area contributed by atoms with Crippen LogP contribution in [-0.2, 0) is 9.59 Å². The van der Waals surface area contributed by atoms with E-state index in [9.17, 15) is 9.59 Å². The largest absolute Gasteiger partial charge is 0.328 e. The Morgan fingerprint density at radius 1 is 1.41 bits per heavy atom. The van der Waals surface area contributed by atoms with Crippen LogP contribution < -0.4 is 10.6 Å². The number of benzene rings is 1. The molecule has 0 bridgehead atoms. The number of hydrogen-bond donors (Lipinski definition) is 2.